The molecule has 0 radical (unpaired) electrons. The van der Waals surface area contributed by atoms with E-state index in [1.807, 2.05) is 4.90 Å². The van der Waals surface area contributed by atoms with Crippen LogP contribution in [0.2, 0.25) is 0 Å². The van der Waals surface area contributed by atoms with Gasteiger partial charge in [0.25, 0.3) is 0 Å². The minimum atomic E-state index is -4.47. The van der Waals surface area contributed by atoms with Crippen molar-refractivity contribution in [1.82, 2.24) is 9.97 Å². The first-order valence-electron chi connectivity index (χ1n) is 6.52. The maximum atomic E-state index is 13.0. The minimum absolute atomic E-state index is 0.0842. The Morgan fingerprint density at radius 3 is 2.52 bits per heavy atom. The van der Waals surface area contributed by atoms with E-state index in [9.17, 15) is 18.0 Å². The highest BCUT2D eigenvalue weighted by Gasteiger charge is 2.35. The fourth-order valence-corrected chi connectivity index (χ4v) is 2.64. The lowest BCUT2D eigenvalue weighted by atomic mass is 10.1. The third-order valence-electron chi connectivity index (χ3n) is 3.67. The zero-order valence-electron chi connectivity index (χ0n) is 11.0. The summed E-state index contributed by atoms with van der Waals surface area (Å²) < 4.78 is 39.0. The van der Waals surface area contributed by atoms with Gasteiger partial charge in [-0.1, -0.05) is 0 Å². The van der Waals surface area contributed by atoms with Crippen LogP contribution in [0.25, 0.3) is 11.0 Å². The molecule has 2 heterocycles. The lowest BCUT2D eigenvalue weighted by molar-refractivity contribution is -0.136. The van der Waals surface area contributed by atoms with Gasteiger partial charge in [0.05, 0.1) is 11.3 Å². The van der Waals surface area contributed by atoms with Crippen LogP contribution < -0.4 is 4.90 Å². The molecule has 0 N–H and O–H groups in total. The van der Waals surface area contributed by atoms with Crippen LogP contribution in [-0.4, -0.2) is 29.3 Å². The van der Waals surface area contributed by atoms with Gasteiger partial charge in [-0.25, -0.2) is 0 Å². The lowest BCUT2D eigenvalue weighted by Gasteiger charge is -2.20. The Labute approximate surface area is 118 Å². The van der Waals surface area contributed by atoms with Gasteiger partial charge in [0.2, 0.25) is 0 Å². The Morgan fingerprint density at radius 2 is 1.90 bits per heavy atom. The molecule has 1 aliphatic rings. The van der Waals surface area contributed by atoms with E-state index in [2.05, 4.69) is 9.97 Å². The van der Waals surface area contributed by atoms with Gasteiger partial charge in [-0.05, 0) is 18.6 Å². The van der Waals surface area contributed by atoms with E-state index in [0.29, 0.717) is 25.2 Å². The summed E-state index contributed by atoms with van der Waals surface area (Å²) in [5.41, 5.74) is -0.133. The highest BCUT2D eigenvalue weighted by molar-refractivity contribution is 5.91. The van der Waals surface area contributed by atoms with Crippen LogP contribution in [0.5, 0.6) is 0 Å². The zero-order chi connectivity index (χ0) is 15.0. The normalized spacial score (nSPS) is 19.2. The molecule has 3 rings (SSSR count). The lowest BCUT2D eigenvalue weighted by Crippen LogP contribution is -2.21. The van der Waals surface area contributed by atoms with E-state index >= 15 is 0 Å². The molecule has 2 aromatic rings. The number of alkyl halides is 3. The SMILES string of the molecule is O=CC1CCN(c2ccc(C(F)(F)F)c3nccnc23)C1. The molecule has 1 atom stereocenters. The molecule has 0 amide bonds. The fourth-order valence-electron chi connectivity index (χ4n) is 2.64. The summed E-state index contributed by atoms with van der Waals surface area (Å²) in [6.07, 6.45) is -0.258. The molecule has 7 heteroatoms. The first kappa shape index (κ1) is 13.8. The summed E-state index contributed by atoms with van der Waals surface area (Å²) >= 11 is 0. The predicted octanol–water partition coefficient (Wildman–Crippen LogP) is 2.67. The number of hydrogen-bond donors (Lipinski definition) is 0. The number of nitrogens with zero attached hydrogens (tertiary/aromatic N) is 3. The first-order chi connectivity index (χ1) is 10.0. The molecule has 1 unspecified atom stereocenters. The van der Waals surface area contributed by atoms with Crippen LogP contribution in [0.4, 0.5) is 18.9 Å². The second-order valence-corrected chi connectivity index (χ2v) is 5.01. The summed E-state index contributed by atoms with van der Waals surface area (Å²) in [5.74, 6) is -0.0842. The third kappa shape index (κ3) is 2.43. The maximum Gasteiger partial charge on any atom is 0.418 e. The molecule has 1 saturated heterocycles. The van der Waals surface area contributed by atoms with Gasteiger partial charge in [0, 0.05) is 31.4 Å². The van der Waals surface area contributed by atoms with E-state index < -0.39 is 11.7 Å². The number of hydrogen-bond acceptors (Lipinski definition) is 4. The molecule has 1 aliphatic heterocycles. The Hall–Kier alpha value is -2.18. The molecule has 0 bridgehead atoms. The summed E-state index contributed by atoms with van der Waals surface area (Å²) in [6.45, 7) is 1.13. The van der Waals surface area contributed by atoms with Gasteiger partial charge in [-0.2, -0.15) is 13.2 Å². The van der Waals surface area contributed by atoms with Crippen LogP contribution in [-0.2, 0) is 11.0 Å². The van der Waals surface area contributed by atoms with Gasteiger partial charge >= 0.3 is 6.18 Å². The number of carbonyl (C=O) groups is 1. The van der Waals surface area contributed by atoms with Crippen LogP contribution in [0, 0.1) is 5.92 Å². The smallest absolute Gasteiger partial charge is 0.369 e. The minimum Gasteiger partial charge on any atom is -0.369 e. The Morgan fingerprint density at radius 1 is 1.19 bits per heavy atom. The molecular formula is C14H12F3N3O. The van der Waals surface area contributed by atoms with E-state index in [4.69, 9.17) is 0 Å². The number of aldehydes is 1. The zero-order valence-corrected chi connectivity index (χ0v) is 11.0. The second-order valence-electron chi connectivity index (χ2n) is 5.01. The van der Waals surface area contributed by atoms with Crippen molar-refractivity contribution in [3.63, 3.8) is 0 Å². The van der Waals surface area contributed by atoms with Crippen molar-refractivity contribution in [3.8, 4) is 0 Å². The quantitative estimate of drug-likeness (QED) is 0.799. The Balaban J connectivity index is 2.12. The van der Waals surface area contributed by atoms with Gasteiger partial charge in [-0.3, -0.25) is 9.97 Å². The molecule has 0 aliphatic carbocycles. The van der Waals surface area contributed by atoms with Crippen molar-refractivity contribution in [1.29, 1.82) is 0 Å². The highest BCUT2D eigenvalue weighted by atomic mass is 19.4. The Bertz CT molecular complexity index is 687. The first-order valence-corrected chi connectivity index (χ1v) is 6.52. The second kappa shape index (κ2) is 4.98. The number of halogens is 3. The van der Waals surface area contributed by atoms with Crippen molar-refractivity contribution in [2.45, 2.75) is 12.6 Å². The van der Waals surface area contributed by atoms with Gasteiger partial charge in [0.15, 0.2) is 0 Å². The molecule has 0 saturated carbocycles. The van der Waals surface area contributed by atoms with Crippen LogP contribution >= 0.6 is 0 Å². The number of benzene rings is 1. The number of anilines is 1. The highest BCUT2D eigenvalue weighted by Crippen LogP contribution is 2.37. The Kier molecular flexibility index (Phi) is 3.27. The van der Waals surface area contributed by atoms with Crippen molar-refractivity contribution in [3.05, 3.63) is 30.1 Å². The average Bonchev–Trinajstić information content (AvgIpc) is 2.93. The van der Waals surface area contributed by atoms with Gasteiger partial charge in [0.1, 0.15) is 17.3 Å². The van der Waals surface area contributed by atoms with Crippen molar-refractivity contribution >= 4 is 23.0 Å². The molecular weight excluding hydrogens is 283 g/mol. The van der Waals surface area contributed by atoms with Crippen molar-refractivity contribution in [2.24, 2.45) is 5.92 Å². The monoisotopic (exact) mass is 295 g/mol. The van der Waals surface area contributed by atoms with E-state index in [1.54, 1.807) is 0 Å². The van der Waals surface area contributed by atoms with Gasteiger partial charge in [-0.15, -0.1) is 0 Å². The molecule has 1 aromatic heterocycles. The number of aromatic nitrogens is 2. The van der Waals surface area contributed by atoms with Crippen LogP contribution in [0.1, 0.15) is 12.0 Å². The number of carbonyl (C=O) groups excluding carboxylic acids is 1. The van der Waals surface area contributed by atoms with Crippen molar-refractivity contribution < 1.29 is 18.0 Å². The fraction of sp³-hybridized carbons (Fsp3) is 0.357. The largest absolute Gasteiger partial charge is 0.418 e. The van der Waals surface area contributed by atoms with Crippen molar-refractivity contribution in [2.75, 3.05) is 18.0 Å². The van der Waals surface area contributed by atoms with E-state index in [1.165, 1.54) is 18.5 Å². The topological polar surface area (TPSA) is 46.1 Å². The summed E-state index contributed by atoms with van der Waals surface area (Å²) in [4.78, 5) is 20.6. The molecule has 0 spiro atoms. The maximum absolute atomic E-state index is 13.0. The van der Waals surface area contributed by atoms with E-state index in [0.717, 1.165) is 12.4 Å². The molecule has 110 valence electrons. The standard InChI is InChI=1S/C14H12F3N3O/c15-14(16,17)10-1-2-11(13-12(10)18-4-5-19-13)20-6-3-9(7-20)8-21/h1-2,4-5,8-9H,3,6-7H2. The number of fused-ring (bicyclic) bond motifs is 1. The molecule has 21 heavy (non-hydrogen) atoms. The summed E-state index contributed by atoms with van der Waals surface area (Å²) in [6, 6.07) is 2.44. The van der Waals surface area contributed by atoms with Gasteiger partial charge < -0.3 is 9.69 Å². The predicted molar refractivity (Wildman–Crippen MR) is 70.9 cm³/mol. The molecule has 1 aromatic carbocycles. The van der Waals surface area contributed by atoms with Crippen LogP contribution in [0.15, 0.2) is 24.5 Å². The third-order valence-corrected chi connectivity index (χ3v) is 3.67. The summed E-state index contributed by atoms with van der Waals surface area (Å²) in [7, 11) is 0. The molecule has 1 fully saturated rings. The molecule has 4 nitrogen and oxygen atoms in total. The summed E-state index contributed by atoms with van der Waals surface area (Å²) in [5, 5.41) is 0. The van der Waals surface area contributed by atoms with E-state index in [-0.39, 0.29) is 17.0 Å². The number of rotatable bonds is 2. The van der Waals surface area contributed by atoms with Crippen LogP contribution in [0.3, 0.4) is 0 Å². The average molecular weight is 295 g/mol.